The van der Waals surface area contributed by atoms with Crippen molar-refractivity contribution in [1.82, 2.24) is 15.5 Å². The molecule has 0 spiro atoms. The minimum absolute atomic E-state index is 0.280. The zero-order chi connectivity index (χ0) is 13.0. The third-order valence-corrected chi connectivity index (χ3v) is 4.95. The quantitative estimate of drug-likeness (QED) is 0.860. The molecule has 102 valence electrons. The molecule has 3 unspecified atom stereocenters. The first-order chi connectivity index (χ1) is 8.76. The van der Waals surface area contributed by atoms with Crippen molar-refractivity contribution in [3.63, 3.8) is 0 Å². The number of aromatic nitrogens is 2. The molecule has 1 saturated heterocycles. The largest absolute Gasteiger partial charge is 0.339 e. The van der Waals surface area contributed by atoms with Gasteiger partial charge in [0.15, 0.2) is 5.82 Å². The van der Waals surface area contributed by atoms with Crippen LogP contribution in [0.4, 0.5) is 0 Å². The highest BCUT2D eigenvalue weighted by Gasteiger charge is 2.26. The zero-order valence-corrected chi connectivity index (χ0v) is 12.3. The van der Waals surface area contributed by atoms with Crippen molar-refractivity contribution in [3.05, 3.63) is 11.7 Å². The maximum absolute atomic E-state index is 5.45. The van der Waals surface area contributed by atoms with E-state index in [9.17, 15) is 0 Å². The Morgan fingerprint density at radius 1 is 1.50 bits per heavy atom. The fourth-order valence-electron chi connectivity index (χ4n) is 2.45. The highest BCUT2D eigenvalue weighted by atomic mass is 32.2. The first-order valence-electron chi connectivity index (χ1n) is 6.94. The fourth-order valence-corrected chi connectivity index (χ4v) is 3.65. The van der Waals surface area contributed by atoms with Crippen LogP contribution in [0.1, 0.15) is 62.9 Å². The summed E-state index contributed by atoms with van der Waals surface area (Å²) < 4.78 is 5.45. The second-order valence-corrected chi connectivity index (χ2v) is 6.16. The maximum atomic E-state index is 5.45. The van der Waals surface area contributed by atoms with Crippen LogP contribution in [0.5, 0.6) is 0 Å². The molecule has 1 aliphatic heterocycles. The second-order valence-electron chi connectivity index (χ2n) is 4.85. The van der Waals surface area contributed by atoms with Crippen LogP contribution in [0, 0.1) is 0 Å². The number of hydrogen-bond donors (Lipinski definition) is 1. The van der Waals surface area contributed by atoms with Crippen LogP contribution in [-0.2, 0) is 0 Å². The molecule has 1 aromatic heterocycles. The van der Waals surface area contributed by atoms with Gasteiger partial charge in [-0.05, 0) is 31.6 Å². The lowest BCUT2D eigenvalue weighted by atomic mass is 9.99. The van der Waals surface area contributed by atoms with Gasteiger partial charge in [0.05, 0.1) is 11.2 Å². The number of rotatable bonds is 6. The summed E-state index contributed by atoms with van der Waals surface area (Å²) in [6, 6.07) is 0.416. The van der Waals surface area contributed by atoms with E-state index in [1.54, 1.807) is 0 Å². The van der Waals surface area contributed by atoms with E-state index in [0.717, 1.165) is 24.7 Å². The molecule has 1 N–H and O–H groups in total. The summed E-state index contributed by atoms with van der Waals surface area (Å²) in [5.74, 6) is 3.18. The lowest BCUT2D eigenvalue weighted by Gasteiger charge is -2.20. The number of nitrogens with one attached hydrogen (secondary N) is 1. The van der Waals surface area contributed by atoms with Gasteiger partial charge in [0.2, 0.25) is 5.89 Å². The van der Waals surface area contributed by atoms with E-state index in [2.05, 4.69) is 36.2 Å². The monoisotopic (exact) mass is 269 g/mol. The van der Waals surface area contributed by atoms with E-state index in [1.807, 2.05) is 11.8 Å². The lowest BCUT2D eigenvalue weighted by molar-refractivity contribution is 0.319. The molecular weight excluding hydrogens is 246 g/mol. The number of likely N-dealkylation sites (N-methyl/N-ethyl adjacent to an activating group) is 1. The van der Waals surface area contributed by atoms with Gasteiger partial charge in [-0.25, -0.2) is 0 Å². The Hall–Kier alpha value is -0.550. The average Bonchev–Trinajstić information content (AvgIpc) is 3.04. The van der Waals surface area contributed by atoms with E-state index in [1.165, 1.54) is 18.6 Å². The fraction of sp³-hybridized carbons (Fsp3) is 0.846. The van der Waals surface area contributed by atoms with Gasteiger partial charge in [-0.2, -0.15) is 16.7 Å². The first-order valence-corrected chi connectivity index (χ1v) is 7.99. The van der Waals surface area contributed by atoms with Crippen molar-refractivity contribution in [2.45, 2.75) is 57.2 Å². The Morgan fingerprint density at radius 2 is 2.33 bits per heavy atom. The third kappa shape index (κ3) is 3.06. The molecule has 1 aliphatic rings. The normalized spacial score (nSPS) is 23.2. The number of hydrogen-bond acceptors (Lipinski definition) is 5. The van der Waals surface area contributed by atoms with Crippen molar-refractivity contribution in [2.24, 2.45) is 0 Å². The molecule has 2 heterocycles. The molecule has 3 atom stereocenters. The number of nitrogens with zero attached hydrogens (tertiary/aromatic N) is 2. The maximum Gasteiger partial charge on any atom is 0.231 e. The summed E-state index contributed by atoms with van der Waals surface area (Å²) >= 11 is 1.94. The molecule has 18 heavy (non-hydrogen) atoms. The van der Waals surface area contributed by atoms with Crippen LogP contribution in [-0.4, -0.2) is 28.5 Å². The van der Waals surface area contributed by atoms with Crippen molar-refractivity contribution in [2.75, 3.05) is 12.3 Å². The Labute approximate surface area is 113 Å². The van der Waals surface area contributed by atoms with E-state index < -0.39 is 0 Å². The van der Waals surface area contributed by atoms with E-state index in [4.69, 9.17) is 4.52 Å². The highest BCUT2D eigenvalue weighted by molar-refractivity contribution is 7.99. The van der Waals surface area contributed by atoms with Crippen LogP contribution in [0.2, 0.25) is 0 Å². The van der Waals surface area contributed by atoms with Crippen LogP contribution < -0.4 is 5.32 Å². The summed E-state index contributed by atoms with van der Waals surface area (Å²) in [6.45, 7) is 7.45. The van der Waals surface area contributed by atoms with Crippen molar-refractivity contribution < 1.29 is 4.52 Å². The Kier molecular flexibility index (Phi) is 5.06. The molecule has 0 bridgehead atoms. The highest BCUT2D eigenvalue weighted by Crippen LogP contribution is 2.38. The molecule has 0 amide bonds. The average molecular weight is 269 g/mol. The molecule has 5 heteroatoms. The topological polar surface area (TPSA) is 51.0 Å². The minimum atomic E-state index is 0.280. The Morgan fingerprint density at radius 3 is 2.94 bits per heavy atom. The van der Waals surface area contributed by atoms with Gasteiger partial charge in [-0.1, -0.05) is 25.9 Å². The molecule has 1 aromatic rings. The third-order valence-electron chi connectivity index (χ3n) is 3.57. The van der Waals surface area contributed by atoms with Crippen LogP contribution in [0.15, 0.2) is 4.52 Å². The zero-order valence-electron chi connectivity index (χ0n) is 11.5. The smallest absolute Gasteiger partial charge is 0.231 e. The van der Waals surface area contributed by atoms with Gasteiger partial charge in [-0.3, -0.25) is 0 Å². The van der Waals surface area contributed by atoms with Crippen LogP contribution in [0.25, 0.3) is 0 Å². The SMILES string of the molecule is CCNC(CC)C(C)c1nc(C2CCCS2)no1. The molecule has 1 fully saturated rings. The van der Waals surface area contributed by atoms with Gasteiger partial charge in [0.1, 0.15) is 0 Å². The Bertz CT molecular complexity index is 363. The molecule has 2 rings (SSSR count). The molecule has 0 saturated carbocycles. The Balaban J connectivity index is 2.03. The minimum Gasteiger partial charge on any atom is -0.339 e. The lowest BCUT2D eigenvalue weighted by Crippen LogP contribution is -2.33. The first kappa shape index (κ1) is 13.9. The summed E-state index contributed by atoms with van der Waals surface area (Å²) in [5.41, 5.74) is 0. The van der Waals surface area contributed by atoms with Gasteiger partial charge in [0.25, 0.3) is 0 Å². The van der Waals surface area contributed by atoms with Crippen LogP contribution >= 0.6 is 11.8 Å². The van der Waals surface area contributed by atoms with Gasteiger partial charge < -0.3 is 9.84 Å². The molecular formula is C13H23N3OS. The van der Waals surface area contributed by atoms with Crippen LogP contribution in [0.3, 0.4) is 0 Å². The summed E-state index contributed by atoms with van der Waals surface area (Å²) in [7, 11) is 0. The summed E-state index contributed by atoms with van der Waals surface area (Å²) in [6.07, 6.45) is 3.52. The van der Waals surface area contributed by atoms with Crippen molar-refractivity contribution in [3.8, 4) is 0 Å². The van der Waals surface area contributed by atoms with Gasteiger partial charge >= 0.3 is 0 Å². The van der Waals surface area contributed by atoms with E-state index in [-0.39, 0.29) is 5.92 Å². The molecule has 0 aromatic carbocycles. The van der Waals surface area contributed by atoms with Gasteiger partial charge in [-0.15, -0.1) is 0 Å². The van der Waals surface area contributed by atoms with Gasteiger partial charge in [0, 0.05) is 6.04 Å². The predicted molar refractivity (Wildman–Crippen MR) is 74.9 cm³/mol. The van der Waals surface area contributed by atoms with E-state index in [0.29, 0.717) is 11.3 Å². The second kappa shape index (κ2) is 6.57. The molecule has 0 radical (unpaired) electrons. The standard InChI is InChI=1S/C13H23N3OS/c1-4-10(14-5-2)9(3)13-15-12(16-17-13)11-7-6-8-18-11/h9-11,14H,4-8H2,1-3H3. The van der Waals surface area contributed by atoms with Crippen molar-refractivity contribution in [1.29, 1.82) is 0 Å². The summed E-state index contributed by atoms with van der Waals surface area (Å²) in [4.78, 5) is 4.60. The summed E-state index contributed by atoms with van der Waals surface area (Å²) in [5, 5.41) is 8.09. The molecule has 4 nitrogen and oxygen atoms in total. The molecule has 0 aliphatic carbocycles. The van der Waals surface area contributed by atoms with Crippen molar-refractivity contribution >= 4 is 11.8 Å². The predicted octanol–water partition coefficient (Wildman–Crippen LogP) is 3.13. The van der Waals surface area contributed by atoms with E-state index >= 15 is 0 Å². The number of thioether (sulfide) groups is 1.